The molecule has 1 heterocycles. The highest BCUT2D eigenvalue weighted by Gasteiger charge is 2.14. The van der Waals surface area contributed by atoms with Crippen LogP contribution in [0.4, 0.5) is 0 Å². The standard InChI is InChI=1S/C13H25N3/c1-12(2,3)14-7-8-15-9-10-16(11-15)13(4,5)6/h9-10,14H,7-8H2,1-6H3. The number of nitrogens with one attached hydrogen (secondary N) is 1. The van der Waals surface area contributed by atoms with Gasteiger partial charge in [-0.3, -0.25) is 0 Å². The number of hydrogen-bond acceptors (Lipinski definition) is 1. The Hall–Kier alpha value is -0.830. The SMILES string of the molecule is CC(C)(C)NCCn1[c-][n+](C(C)(C)C)cc1. The van der Waals surface area contributed by atoms with Crippen molar-refractivity contribution in [3.8, 4) is 0 Å². The van der Waals surface area contributed by atoms with Crippen LogP contribution in [0.3, 0.4) is 0 Å². The number of nitrogens with zero attached hydrogens (tertiary/aromatic N) is 2. The number of imidazole rings is 1. The van der Waals surface area contributed by atoms with E-state index in [1.54, 1.807) is 0 Å². The predicted octanol–water partition coefficient (Wildman–Crippen LogP) is 1.72. The van der Waals surface area contributed by atoms with E-state index in [1.807, 2.05) is 0 Å². The summed E-state index contributed by atoms with van der Waals surface area (Å²) in [6.07, 6.45) is 7.49. The average molecular weight is 223 g/mol. The first-order valence-corrected chi connectivity index (χ1v) is 5.94. The van der Waals surface area contributed by atoms with Gasteiger partial charge in [-0.05, 0) is 53.9 Å². The molecule has 1 N–H and O–H groups in total. The number of aromatic nitrogens is 2. The van der Waals surface area contributed by atoms with Gasteiger partial charge in [0, 0.05) is 12.1 Å². The highest BCUT2D eigenvalue weighted by atomic mass is 15.2. The molecule has 1 rings (SSSR count). The van der Waals surface area contributed by atoms with Crippen molar-refractivity contribution in [2.24, 2.45) is 0 Å². The van der Waals surface area contributed by atoms with Crippen LogP contribution in [-0.4, -0.2) is 16.7 Å². The molecule has 0 spiro atoms. The summed E-state index contributed by atoms with van der Waals surface area (Å²) in [5.74, 6) is 0. The van der Waals surface area contributed by atoms with Crippen molar-refractivity contribution in [1.29, 1.82) is 0 Å². The van der Waals surface area contributed by atoms with Gasteiger partial charge < -0.3 is 14.5 Å². The fourth-order valence-corrected chi connectivity index (χ4v) is 1.40. The molecule has 1 aromatic rings. The molecule has 0 fully saturated rings. The molecule has 0 radical (unpaired) electrons. The summed E-state index contributed by atoms with van der Waals surface area (Å²) >= 11 is 0. The fourth-order valence-electron chi connectivity index (χ4n) is 1.40. The maximum atomic E-state index is 3.47. The smallest absolute Gasteiger partial charge is 0.204 e. The zero-order valence-electron chi connectivity index (χ0n) is 11.5. The first-order valence-electron chi connectivity index (χ1n) is 5.94. The molecule has 0 unspecified atom stereocenters. The third-order valence-corrected chi connectivity index (χ3v) is 2.36. The van der Waals surface area contributed by atoms with Crippen molar-refractivity contribution in [2.45, 2.75) is 59.2 Å². The first kappa shape index (κ1) is 13.2. The molecule has 0 aliphatic rings. The van der Waals surface area contributed by atoms with Gasteiger partial charge in [0.2, 0.25) is 6.33 Å². The molecule has 3 heteroatoms. The van der Waals surface area contributed by atoms with Gasteiger partial charge >= 0.3 is 0 Å². The second-order valence-electron chi connectivity index (χ2n) is 6.31. The van der Waals surface area contributed by atoms with Crippen LogP contribution in [0.2, 0.25) is 0 Å². The van der Waals surface area contributed by atoms with E-state index in [0.717, 1.165) is 13.1 Å². The van der Waals surface area contributed by atoms with E-state index in [2.05, 4.69) is 74.7 Å². The van der Waals surface area contributed by atoms with E-state index >= 15 is 0 Å². The number of rotatable bonds is 3. The molecule has 3 nitrogen and oxygen atoms in total. The monoisotopic (exact) mass is 223 g/mol. The Morgan fingerprint density at radius 1 is 1.19 bits per heavy atom. The van der Waals surface area contributed by atoms with Crippen molar-refractivity contribution in [3.05, 3.63) is 18.7 Å². The van der Waals surface area contributed by atoms with Gasteiger partial charge in [0.25, 0.3) is 0 Å². The fraction of sp³-hybridized carbons (Fsp3) is 0.769. The number of hydrogen-bond donors (Lipinski definition) is 1. The molecule has 0 aliphatic heterocycles. The zero-order chi connectivity index (χ0) is 12.4. The average Bonchev–Trinajstić information content (AvgIpc) is 2.49. The van der Waals surface area contributed by atoms with Crippen LogP contribution < -0.4 is 9.88 Å². The lowest BCUT2D eigenvalue weighted by atomic mass is 10.1. The topological polar surface area (TPSA) is 20.8 Å². The largest absolute Gasteiger partial charge is 0.350 e. The van der Waals surface area contributed by atoms with Crippen molar-refractivity contribution < 1.29 is 4.57 Å². The lowest BCUT2D eigenvalue weighted by molar-refractivity contribution is -0.757. The van der Waals surface area contributed by atoms with Gasteiger partial charge in [0.1, 0.15) is 0 Å². The van der Waals surface area contributed by atoms with Crippen LogP contribution in [0.1, 0.15) is 41.5 Å². The molecular weight excluding hydrogens is 198 g/mol. The Balaban J connectivity index is 2.48. The Kier molecular flexibility index (Phi) is 3.79. The Morgan fingerprint density at radius 3 is 2.25 bits per heavy atom. The minimum absolute atomic E-state index is 0.114. The third kappa shape index (κ3) is 4.35. The summed E-state index contributed by atoms with van der Waals surface area (Å²) in [7, 11) is 0. The molecule has 0 amide bonds. The molecular formula is C13H25N3. The van der Waals surface area contributed by atoms with Crippen LogP contribution >= 0.6 is 0 Å². The van der Waals surface area contributed by atoms with Gasteiger partial charge in [0.05, 0.1) is 12.1 Å². The summed E-state index contributed by atoms with van der Waals surface area (Å²) in [5, 5.41) is 3.47. The van der Waals surface area contributed by atoms with Crippen molar-refractivity contribution in [2.75, 3.05) is 6.54 Å². The maximum Gasteiger partial charge on any atom is 0.204 e. The molecule has 0 atom stereocenters. The van der Waals surface area contributed by atoms with E-state index in [1.165, 1.54) is 0 Å². The van der Waals surface area contributed by atoms with Gasteiger partial charge in [-0.1, -0.05) is 0 Å². The molecule has 92 valence electrons. The Bertz CT molecular complexity index is 326. The van der Waals surface area contributed by atoms with Crippen LogP contribution in [0.15, 0.2) is 12.4 Å². The first-order chi connectivity index (χ1) is 7.18. The lowest BCUT2D eigenvalue weighted by Gasteiger charge is -2.20. The highest BCUT2D eigenvalue weighted by Crippen LogP contribution is 2.02. The summed E-state index contributed by atoms with van der Waals surface area (Å²) in [6.45, 7) is 15.0. The molecule has 0 saturated carbocycles. The molecule has 0 bridgehead atoms. The van der Waals surface area contributed by atoms with Crippen molar-refractivity contribution >= 4 is 0 Å². The summed E-state index contributed by atoms with van der Waals surface area (Å²) in [5.41, 5.74) is 0.301. The van der Waals surface area contributed by atoms with Crippen LogP contribution in [-0.2, 0) is 12.1 Å². The minimum Gasteiger partial charge on any atom is -0.350 e. The van der Waals surface area contributed by atoms with E-state index in [0.29, 0.717) is 0 Å². The van der Waals surface area contributed by atoms with Gasteiger partial charge in [-0.15, -0.1) is 0 Å². The normalized spacial score (nSPS) is 13.1. The molecule has 0 aromatic carbocycles. The molecule has 1 aromatic heterocycles. The second-order valence-corrected chi connectivity index (χ2v) is 6.31. The summed E-state index contributed by atoms with van der Waals surface area (Å²) < 4.78 is 4.22. The summed E-state index contributed by atoms with van der Waals surface area (Å²) in [4.78, 5) is 0. The van der Waals surface area contributed by atoms with Gasteiger partial charge in [-0.2, -0.15) is 0 Å². The third-order valence-electron chi connectivity index (χ3n) is 2.36. The summed E-state index contributed by atoms with van der Waals surface area (Å²) in [6, 6.07) is 0. The van der Waals surface area contributed by atoms with E-state index in [9.17, 15) is 0 Å². The van der Waals surface area contributed by atoms with Crippen LogP contribution in [0.25, 0.3) is 0 Å². The Morgan fingerprint density at radius 2 is 1.81 bits per heavy atom. The second kappa shape index (κ2) is 4.58. The van der Waals surface area contributed by atoms with Crippen LogP contribution in [0.5, 0.6) is 0 Å². The predicted molar refractivity (Wildman–Crippen MR) is 66.2 cm³/mol. The zero-order valence-corrected chi connectivity index (χ0v) is 11.5. The molecule has 0 aliphatic carbocycles. The Labute approximate surface area is 99.5 Å². The van der Waals surface area contributed by atoms with Crippen molar-refractivity contribution in [1.82, 2.24) is 9.88 Å². The van der Waals surface area contributed by atoms with Gasteiger partial charge in [0.15, 0.2) is 0 Å². The minimum atomic E-state index is 0.114. The molecule has 16 heavy (non-hydrogen) atoms. The highest BCUT2D eigenvalue weighted by molar-refractivity contribution is 4.72. The van der Waals surface area contributed by atoms with E-state index in [4.69, 9.17) is 0 Å². The maximum absolute atomic E-state index is 3.47. The van der Waals surface area contributed by atoms with E-state index in [-0.39, 0.29) is 11.1 Å². The van der Waals surface area contributed by atoms with Crippen LogP contribution in [0, 0.1) is 6.33 Å². The lowest BCUT2D eigenvalue weighted by Crippen LogP contribution is -2.49. The molecule has 0 saturated heterocycles. The van der Waals surface area contributed by atoms with Gasteiger partial charge in [-0.25, -0.2) is 0 Å². The quantitative estimate of drug-likeness (QED) is 0.611. The van der Waals surface area contributed by atoms with Crippen molar-refractivity contribution in [3.63, 3.8) is 0 Å². The van der Waals surface area contributed by atoms with E-state index < -0.39 is 0 Å².